The molecule has 31 heavy (non-hydrogen) atoms. The topological polar surface area (TPSA) is 49.3 Å². The van der Waals surface area contributed by atoms with E-state index in [0.29, 0.717) is 12.1 Å². The molecule has 2 aliphatic rings. The molecular formula is C24H41IN4O2. The second kappa shape index (κ2) is 14.3. The van der Waals surface area contributed by atoms with Gasteiger partial charge in [-0.25, -0.2) is 0 Å². The van der Waals surface area contributed by atoms with Gasteiger partial charge in [-0.3, -0.25) is 9.89 Å². The molecular weight excluding hydrogens is 503 g/mol. The zero-order valence-electron chi connectivity index (χ0n) is 19.5. The SMILES string of the molecule is CCC(CNC(=NC)N1CCC(OCCCOC)CC1)N1CCc2ccccc2C1.I. The van der Waals surface area contributed by atoms with E-state index >= 15 is 0 Å². The molecule has 0 saturated carbocycles. The van der Waals surface area contributed by atoms with E-state index in [9.17, 15) is 0 Å². The minimum absolute atomic E-state index is 0. The number of halogens is 1. The third-order valence-corrected chi connectivity index (χ3v) is 6.44. The highest BCUT2D eigenvalue weighted by atomic mass is 127. The first-order chi connectivity index (χ1) is 14.7. The van der Waals surface area contributed by atoms with Crippen LogP contribution in [0.3, 0.4) is 0 Å². The molecule has 1 fully saturated rings. The summed E-state index contributed by atoms with van der Waals surface area (Å²) in [6.45, 7) is 9.01. The molecule has 176 valence electrons. The lowest BCUT2D eigenvalue weighted by atomic mass is 9.98. The van der Waals surface area contributed by atoms with Gasteiger partial charge in [0.15, 0.2) is 5.96 Å². The van der Waals surface area contributed by atoms with Crippen LogP contribution in [0.25, 0.3) is 0 Å². The fraction of sp³-hybridized carbons (Fsp3) is 0.708. The second-order valence-corrected chi connectivity index (χ2v) is 8.38. The number of rotatable bonds is 9. The lowest BCUT2D eigenvalue weighted by Crippen LogP contribution is -2.51. The monoisotopic (exact) mass is 544 g/mol. The van der Waals surface area contributed by atoms with Crippen LogP contribution in [-0.2, 0) is 22.4 Å². The van der Waals surface area contributed by atoms with Gasteiger partial charge >= 0.3 is 0 Å². The summed E-state index contributed by atoms with van der Waals surface area (Å²) < 4.78 is 11.1. The summed E-state index contributed by atoms with van der Waals surface area (Å²) in [4.78, 5) is 9.58. The van der Waals surface area contributed by atoms with Crippen molar-refractivity contribution in [1.29, 1.82) is 0 Å². The molecule has 2 aliphatic heterocycles. The predicted molar refractivity (Wildman–Crippen MR) is 138 cm³/mol. The summed E-state index contributed by atoms with van der Waals surface area (Å²) in [5.74, 6) is 1.03. The Morgan fingerprint density at radius 2 is 1.90 bits per heavy atom. The number of aliphatic imine (C=N–C) groups is 1. The van der Waals surface area contributed by atoms with E-state index in [1.165, 1.54) is 11.1 Å². The van der Waals surface area contributed by atoms with Gasteiger partial charge in [-0.1, -0.05) is 31.2 Å². The molecule has 1 atom stereocenters. The van der Waals surface area contributed by atoms with Crippen molar-refractivity contribution in [1.82, 2.24) is 15.1 Å². The zero-order chi connectivity index (χ0) is 21.2. The molecule has 7 heteroatoms. The van der Waals surface area contributed by atoms with E-state index in [2.05, 4.69) is 51.3 Å². The highest BCUT2D eigenvalue weighted by Crippen LogP contribution is 2.21. The van der Waals surface area contributed by atoms with Gasteiger partial charge in [0.05, 0.1) is 6.10 Å². The second-order valence-electron chi connectivity index (χ2n) is 8.38. The fourth-order valence-electron chi connectivity index (χ4n) is 4.59. The highest BCUT2D eigenvalue weighted by molar-refractivity contribution is 14.0. The summed E-state index contributed by atoms with van der Waals surface area (Å²) in [6.07, 6.45) is 5.76. The van der Waals surface area contributed by atoms with E-state index in [-0.39, 0.29) is 24.0 Å². The molecule has 0 radical (unpaired) electrons. The van der Waals surface area contributed by atoms with Gasteiger partial charge in [-0.05, 0) is 43.2 Å². The van der Waals surface area contributed by atoms with E-state index in [1.807, 2.05) is 7.05 Å². The molecule has 0 aromatic heterocycles. The van der Waals surface area contributed by atoms with Crippen LogP contribution in [-0.4, -0.2) is 81.5 Å². The van der Waals surface area contributed by atoms with E-state index in [0.717, 1.165) is 84.0 Å². The van der Waals surface area contributed by atoms with Crippen LogP contribution >= 0.6 is 24.0 Å². The molecule has 3 rings (SSSR count). The molecule has 1 aromatic carbocycles. The van der Waals surface area contributed by atoms with Crippen molar-refractivity contribution in [3.63, 3.8) is 0 Å². The number of guanidine groups is 1. The lowest BCUT2D eigenvalue weighted by molar-refractivity contribution is 0.00984. The molecule has 1 N–H and O–H groups in total. The molecule has 6 nitrogen and oxygen atoms in total. The standard InChI is InChI=1S/C24H40N4O2.HI/c1-4-22(28-13-10-20-8-5-6-9-21(20)19-28)18-26-24(25-2)27-14-11-23(12-15-27)30-17-7-16-29-3;/h5-6,8-9,22-23H,4,7,10-19H2,1-3H3,(H,25,26);1H. The predicted octanol–water partition coefficient (Wildman–Crippen LogP) is 3.53. The molecule has 2 heterocycles. The molecule has 1 saturated heterocycles. The van der Waals surface area contributed by atoms with Crippen molar-refractivity contribution in [2.45, 2.75) is 57.7 Å². The van der Waals surface area contributed by atoms with Crippen molar-refractivity contribution in [2.75, 3.05) is 53.6 Å². The average molecular weight is 545 g/mol. The third kappa shape index (κ3) is 7.87. The number of likely N-dealkylation sites (tertiary alicyclic amines) is 1. The van der Waals surface area contributed by atoms with Crippen LogP contribution in [0.5, 0.6) is 0 Å². The number of hydrogen-bond acceptors (Lipinski definition) is 4. The summed E-state index contributed by atoms with van der Waals surface area (Å²) in [6, 6.07) is 9.40. The number of nitrogens with one attached hydrogen (secondary N) is 1. The maximum absolute atomic E-state index is 6.00. The van der Waals surface area contributed by atoms with Gasteiger partial charge in [0.2, 0.25) is 0 Å². The number of hydrogen-bond donors (Lipinski definition) is 1. The summed E-state index contributed by atoms with van der Waals surface area (Å²) in [5, 5.41) is 3.66. The van der Waals surface area contributed by atoms with Crippen LogP contribution in [0.4, 0.5) is 0 Å². The fourth-order valence-corrected chi connectivity index (χ4v) is 4.59. The van der Waals surface area contributed by atoms with Crippen LogP contribution in [0, 0.1) is 0 Å². The Labute approximate surface area is 205 Å². The first kappa shape index (κ1) is 26.4. The molecule has 0 bridgehead atoms. The highest BCUT2D eigenvalue weighted by Gasteiger charge is 2.25. The minimum atomic E-state index is 0. The molecule has 0 amide bonds. The number of ether oxygens (including phenoxy) is 2. The number of benzene rings is 1. The van der Waals surface area contributed by atoms with Gasteiger partial charge in [0, 0.05) is 66.1 Å². The first-order valence-electron chi connectivity index (χ1n) is 11.6. The van der Waals surface area contributed by atoms with Gasteiger partial charge in [-0.15, -0.1) is 24.0 Å². The van der Waals surface area contributed by atoms with Crippen LogP contribution in [0.1, 0.15) is 43.7 Å². The largest absolute Gasteiger partial charge is 0.385 e. The third-order valence-electron chi connectivity index (χ3n) is 6.44. The zero-order valence-corrected chi connectivity index (χ0v) is 21.8. The summed E-state index contributed by atoms with van der Waals surface area (Å²) in [7, 11) is 3.64. The summed E-state index contributed by atoms with van der Waals surface area (Å²) in [5.41, 5.74) is 3.00. The Morgan fingerprint density at radius 3 is 2.58 bits per heavy atom. The Balaban J connectivity index is 0.00000341. The van der Waals surface area contributed by atoms with Crippen molar-refractivity contribution in [3.05, 3.63) is 35.4 Å². The number of nitrogens with zero attached hydrogens (tertiary/aromatic N) is 3. The van der Waals surface area contributed by atoms with E-state index in [4.69, 9.17) is 9.47 Å². The molecule has 1 aromatic rings. The number of piperidine rings is 1. The molecule has 0 aliphatic carbocycles. The Bertz CT molecular complexity index is 665. The van der Waals surface area contributed by atoms with Crippen molar-refractivity contribution < 1.29 is 9.47 Å². The van der Waals surface area contributed by atoms with E-state index in [1.54, 1.807) is 7.11 Å². The van der Waals surface area contributed by atoms with Gasteiger partial charge in [0.25, 0.3) is 0 Å². The van der Waals surface area contributed by atoms with Crippen LogP contribution < -0.4 is 5.32 Å². The normalized spacial score (nSPS) is 18.9. The lowest BCUT2D eigenvalue weighted by Gasteiger charge is -2.37. The van der Waals surface area contributed by atoms with E-state index < -0.39 is 0 Å². The van der Waals surface area contributed by atoms with Crippen LogP contribution in [0.2, 0.25) is 0 Å². The quantitative estimate of drug-likeness (QED) is 0.223. The van der Waals surface area contributed by atoms with Crippen LogP contribution in [0.15, 0.2) is 29.3 Å². The first-order valence-corrected chi connectivity index (χ1v) is 11.6. The maximum atomic E-state index is 6.00. The average Bonchev–Trinajstić information content (AvgIpc) is 2.80. The van der Waals surface area contributed by atoms with Crippen molar-refractivity contribution in [3.8, 4) is 0 Å². The maximum Gasteiger partial charge on any atom is 0.193 e. The molecule has 1 unspecified atom stereocenters. The Morgan fingerprint density at radius 1 is 1.16 bits per heavy atom. The van der Waals surface area contributed by atoms with Gasteiger partial charge in [-0.2, -0.15) is 0 Å². The Hall–Kier alpha value is -0.900. The number of fused-ring (bicyclic) bond motifs is 1. The van der Waals surface area contributed by atoms with Crippen molar-refractivity contribution in [2.24, 2.45) is 4.99 Å². The van der Waals surface area contributed by atoms with Crippen molar-refractivity contribution >= 4 is 29.9 Å². The minimum Gasteiger partial charge on any atom is -0.385 e. The molecule has 0 spiro atoms. The van der Waals surface area contributed by atoms with Gasteiger partial charge < -0.3 is 19.7 Å². The summed E-state index contributed by atoms with van der Waals surface area (Å²) >= 11 is 0. The number of methoxy groups -OCH3 is 1. The Kier molecular flexibility index (Phi) is 12.1. The van der Waals surface area contributed by atoms with Gasteiger partial charge in [0.1, 0.15) is 0 Å². The smallest absolute Gasteiger partial charge is 0.193 e.